The van der Waals surface area contributed by atoms with Gasteiger partial charge in [0.05, 0.1) is 12.4 Å². The van der Waals surface area contributed by atoms with E-state index < -0.39 is 0 Å². The highest BCUT2D eigenvalue weighted by molar-refractivity contribution is 5.43. The standard InChI is InChI=1S/C11H16N6O/c1-11(2-4-18-5-3-11)8-13-9-6-12-7-10-14-15-16-17(9)10/h6-7,13H,2-5,8H2,1H3. The Morgan fingerprint density at radius 2 is 2.22 bits per heavy atom. The van der Waals surface area contributed by atoms with Gasteiger partial charge in [-0.25, -0.2) is 0 Å². The summed E-state index contributed by atoms with van der Waals surface area (Å²) in [6, 6.07) is 0. The molecule has 1 saturated heterocycles. The fourth-order valence-corrected chi connectivity index (χ4v) is 2.14. The van der Waals surface area contributed by atoms with E-state index in [2.05, 4.69) is 32.7 Å². The molecule has 1 aliphatic rings. The van der Waals surface area contributed by atoms with E-state index in [-0.39, 0.29) is 5.41 Å². The maximum atomic E-state index is 5.40. The number of hydrogen-bond donors (Lipinski definition) is 1. The molecule has 0 radical (unpaired) electrons. The monoisotopic (exact) mass is 248 g/mol. The summed E-state index contributed by atoms with van der Waals surface area (Å²) in [5, 5.41) is 14.8. The highest BCUT2D eigenvalue weighted by atomic mass is 16.5. The SMILES string of the molecule is CC1(CNc2cncc3nnnn23)CCOCC1. The van der Waals surface area contributed by atoms with Crippen LogP contribution in [0.25, 0.3) is 5.65 Å². The van der Waals surface area contributed by atoms with Gasteiger partial charge in [0, 0.05) is 19.8 Å². The van der Waals surface area contributed by atoms with Crippen LogP contribution >= 0.6 is 0 Å². The van der Waals surface area contributed by atoms with Crippen molar-refractivity contribution >= 4 is 11.5 Å². The molecule has 0 unspecified atom stereocenters. The van der Waals surface area contributed by atoms with Crippen molar-refractivity contribution in [2.24, 2.45) is 5.41 Å². The lowest BCUT2D eigenvalue weighted by Crippen LogP contribution is -2.33. The fourth-order valence-electron chi connectivity index (χ4n) is 2.14. The van der Waals surface area contributed by atoms with Gasteiger partial charge in [-0.2, -0.15) is 4.52 Å². The normalized spacial score (nSPS) is 18.9. The van der Waals surface area contributed by atoms with Crippen LogP contribution in [0.5, 0.6) is 0 Å². The molecule has 0 saturated carbocycles. The smallest absolute Gasteiger partial charge is 0.199 e. The van der Waals surface area contributed by atoms with E-state index in [0.717, 1.165) is 38.4 Å². The van der Waals surface area contributed by atoms with Crippen LogP contribution in [0.4, 0.5) is 5.82 Å². The molecule has 7 nitrogen and oxygen atoms in total. The molecule has 3 rings (SSSR count). The molecule has 1 N–H and O–H groups in total. The van der Waals surface area contributed by atoms with Gasteiger partial charge >= 0.3 is 0 Å². The van der Waals surface area contributed by atoms with Crippen molar-refractivity contribution in [3.8, 4) is 0 Å². The molecule has 0 amide bonds. The van der Waals surface area contributed by atoms with Gasteiger partial charge in [-0.05, 0) is 28.7 Å². The van der Waals surface area contributed by atoms with E-state index in [4.69, 9.17) is 4.74 Å². The van der Waals surface area contributed by atoms with Crippen LogP contribution in [-0.2, 0) is 4.74 Å². The second-order valence-corrected chi connectivity index (χ2v) is 5.02. The average molecular weight is 248 g/mol. The van der Waals surface area contributed by atoms with Crippen molar-refractivity contribution < 1.29 is 4.74 Å². The minimum absolute atomic E-state index is 0.258. The lowest BCUT2D eigenvalue weighted by atomic mass is 9.82. The first-order chi connectivity index (χ1) is 8.77. The van der Waals surface area contributed by atoms with Crippen LogP contribution in [0.3, 0.4) is 0 Å². The molecule has 0 aromatic carbocycles. The number of nitrogens with one attached hydrogen (secondary N) is 1. The molecular weight excluding hydrogens is 232 g/mol. The zero-order valence-corrected chi connectivity index (χ0v) is 10.3. The summed E-state index contributed by atoms with van der Waals surface area (Å²) in [6.45, 7) is 4.82. The number of anilines is 1. The van der Waals surface area contributed by atoms with Gasteiger partial charge < -0.3 is 10.1 Å². The van der Waals surface area contributed by atoms with Crippen molar-refractivity contribution in [2.75, 3.05) is 25.1 Å². The first-order valence-electron chi connectivity index (χ1n) is 6.11. The minimum Gasteiger partial charge on any atom is -0.381 e. The van der Waals surface area contributed by atoms with Crippen molar-refractivity contribution in [1.29, 1.82) is 0 Å². The first-order valence-corrected chi connectivity index (χ1v) is 6.11. The fraction of sp³-hybridized carbons (Fsp3) is 0.636. The molecule has 3 heterocycles. The second-order valence-electron chi connectivity index (χ2n) is 5.02. The molecule has 1 fully saturated rings. The summed E-state index contributed by atoms with van der Waals surface area (Å²) in [7, 11) is 0. The molecule has 7 heteroatoms. The van der Waals surface area contributed by atoms with Gasteiger partial charge in [0.1, 0.15) is 5.82 Å². The zero-order valence-electron chi connectivity index (χ0n) is 10.3. The predicted octanol–water partition coefficient (Wildman–Crippen LogP) is 0.748. The Kier molecular flexibility index (Phi) is 2.83. The molecule has 1 aliphatic heterocycles. The second kappa shape index (κ2) is 4.49. The van der Waals surface area contributed by atoms with Crippen LogP contribution in [0, 0.1) is 5.41 Å². The van der Waals surface area contributed by atoms with Crippen molar-refractivity contribution in [1.82, 2.24) is 25.0 Å². The van der Waals surface area contributed by atoms with Gasteiger partial charge in [-0.3, -0.25) is 4.98 Å². The van der Waals surface area contributed by atoms with Gasteiger partial charge in [0.15, 0.2) is 5.65 Å². The van der Waals surface area contributed by atoms with Crippen molar-refractivity contribution in [3.63, 3.8) is 0 Å². The predicted molar refractivity (Wildman–Crippen MR) is 65.2 cm³/mol. The van der Waals surface area contributed by atoms with Crippen LogP contribution in [-0.4, -0.2) is 44.8 Å². The Balaban J connectivity index is 1.74. The maximum absolute atomic E-state index is 5.40. The number of rotatable bonds is 3. The molecule has 0 aliphatic carbocycles. The van der Waals surface area contributed by atoms with Crippen molar-refractivity contribution in [3.05, 3.63) is 12.4 Å². The Morgan fingerprint density at radius 1 is 1.39 bits per heavy atom. The Morgan fingerprint density at radius 3 is 3.06 bits per heavy atom. The third kappa shape index (κ3) is 2.13. The number of aromatic nitrogens is 5. The summed E-state index contributed by atoms with van der Waals surface area (Å²) in [5.74, 6) is 0.824. The van der Waals surface area contributed by atoms with Gasteiger partial charge in [0.25, 0.3) is 0 Å². The van der Waals surface area contributed by atoms with E-state index in [1.54, 1.807) is 16.9 Å². The number of hydrogen-bond acceptors (Lipinski definition) is 6. The lowest BCUT2D eigenvalue weighted by molar-refractivity contribution is 0.0299. The number of fused-ring (bicyclic) bond motifs is 1. The summed E-state index contributed by atoms with van der Waals surface area (Å²) in [6.07, 6.45) is 5.52. The topological polar surface area (TPSA) is 77.2 Å². The van der Waals surface area contributed by atoms with E-state index in [1.165, 1.54) is 0 Å². The minimum atomic E-state index is 0.258. The number of ether oxygens (including phenoxy) is 1. The molecular formula is C11H16N6O. The summed E-state index contributed by atoms with van der Waals surface area (Å²) < 4.78 is 7.06. The molecule has 2 aromatic rings. The molecule has 0 atom stereocenters. The summed E-state index contributed by atoms with van der Waals surface area (Å²) in [5.41, 5.74) is 0.908. The first kappa shape index (κ1) is 11.3. The molecule has 96 valence electrons. The molecule has 0 spiro atoms. The van der Waals surface area contributed by atoms with Crippen LogP contribution in [0.1, 0.15) is 19.8 Å². The molecule has 0 bridgehead atoms. The van der Waals surface area contributed by atoms with Gasteiger partial charge in [-0.1, -0.05) is 6.92 Å². The number of tetrazole rings is 1. The highest BCUT2D eigenvalue weighted by Gasteiger charge is 2.27. The van der Waals surface area contributed by atoms with E-state index in [1.807, 2.05) is 0 Å². The quantitative estimate of drug-likeness (QED) is 0.863. The van der Waals surface area contributed by atoms with Crippen LogP contribution in [0.2, 0.25) is 0 Å². The van der Waals surface area contributed by atoms with E-state index in [9.17, 15) is 0 Å². The lowest BCUT2D eigenvalue weighted by Gasteiger charge is -2.33. The van der Waals surface area contributed by atoms with Crippen LogP contribution < -0.4 is 5.32 Å². The molecule has 18 heavy (non-hydrogen) atoms. The third-order valence-electron chi connectivity index (χ3n) is 3.50. The van der Waals surface area contributed by atoms with Gasteiger partial charge in [-0.15, -0.1) is 5.10 Å². The van der Waals surface area contributed by atoms with Crippen LogP contribution in [0.15, 0.2) is 12.4 Å². The molecule has 2 aromatic heterocycles. The third-order valence-corrected chi connectivity index (χ3v) is 3.50. The average Bonchev–Trinajstić information content (AvgIpc) is 2.86. The van der Waals surface area contributed by atoms with Gasteiger partial charge in [0.2, 0.25) is 0 Å². The Labute approximate surface area is 105 Å². The Hall–Kier alpha value is -1.76. The Bertz CT molecular complexity index is 533. The van der Waals surface area contributed by atoms with E-state index >= 15 is 0 Å². The largest absolute Gasteiger partial charge is 0.381 e. The van der Waals surface area contributed by atoms with Crippen molar-refractivity contribution in [2.45, 2.75) is 19.8 Å². The zero-order chi connectivity index (χ0) is 12.4. The summed E-state index contributed by atoms with van der Waals surface area (Å²) >= 11 is 0. The summed E-state index contributed by atoms with van der Waals surface area (Å²) in [4.78, 5) is 4.12. The van der Waals surface area contributed by atoms with E-state index in [0.29, 0.717) is 5.65 Å². The highest BCUT2D eigenvalue weighted by Crippen LogP contribution is 2.29. The number of nitrogens with zero attached hydrogens (tertiary/aromatic N) is 5. The maximum Gasteiger partial charge on any atom is 0.199 e.